The molecule has 4 rings (SSSR count). The van der Waals surface area contributed by atoms with E-state index in [9.17, 15) is 4.79 Å². The summed E-state index contributed by atoms with van der Waals surface area (Å²) in [5.41, 5.74) is 8.66. The van der Waals surface area contributed by atoms with E-state index in [0.29, 0.717) is 25.2 Å². The zero-order valence-corrected chi connectivity index (χ0v) is 16.4. The molecule has 0 bridgehead atoms. The maximum absolute atomic E-state index is 12.9. The third kappa shape index (κ3) is 4.77. The lowest BCUT2D eigenvalue weighted by molar-refractivity contribution is -0.132. The van der Waals surface area contributed by atoms with Crippen LogP contribution in [0.2, 0.25) is 0 Å². The molecule has 0 radical (unpaired) electrons. The molecule has 0 aliphatic carbocycles. The number of para-hydroxylation sites is 1. The van der Waals surface area contributed by atoms with Crippen LogP contribution in [0, 0.1) is 0 Å². The summed E-state index contributed by atoms with van der Waals surface area (Å²) in [6.45, 7) is 1.37. The summed E-state index contributed by atoms with van der Waals surface area (Å²) < 4.78 is 6.33. The van der Waals surface area contributed by atoms with Gasteiger partial charge in [-0.05, 0) is 35.4 Å². The van der Waals surface area contributed by atoms with E-state index in [-0.39, 0.29) is 17.9 Å². The molecule has 1 fully saturated rings. The number of anilines is 1. The van der Waals surface area contributed by atoms with E-state index in [4.69, 9.17) is 10.5 Å². The van der Waals surface area contributed by atoms with Crippen molar-refractivity contribution in [2.45, 2.75) is 24.9 Å². The summed E-state index contributed by atoms with van der Waals surface area (Å²) in [4.78, 5) is 14.9. The molecule has 148 valence electrons. The van der Waals surface area contributed by atoms with E-state index in [0.717, 1.165) is 17.7 Å². The summed E-state index contributed by atoms with van der Waals surface area (Å²) in [5, 5.41) is 0. The lowest BCUT2D eigenvalue weighted by Gasteiger charge is -2.39. The minimum absolute atomic E-state index is 0.0420. The molecule has 3 aromatic rings. The largest absolute Gasteiger partial charge is 0.490 e. The molecular formula is C25H26N2O2. The van der Waals surface area contributed by atoms with Crippen LogP contribution in [0.5, 0.6) is 5.75 Å². The molecular weight excluding hydrogens is 360 g/mol. The van der Waals surface area contributed by atoms with Gasteiger partial charge in [0.1, 0.15) is 11.9 Å². The van der Waals surface area contributed by atoms with E-state index in [2.05, 4.69) is 12.1 Å². The Morgan fingerprint density at radius 2 is 1.59 bits per heavy atom. The van der Waals surface area contributed by atoms with E-state index in [1.165, 1.54) is 5.56 Å². The second kappa shape index (κ2) is 8.82. The second-order valence-corrected chi connectivity index (χ2v) is 7.53. The number of rotatable bonds is 5. The van der Waals surface area contributed by atoms with Crippen molar-refractivity contribution in [3.8, 4) is 5.75 Å². The summed E-state index contributed by atoms with van der Waals surface area (Å²) in [5.74, 6) is 1.16. The zero-order chi connectivity index (χ0) is 20.1. The van der Waals surface area contributed by atoms with Crippen LogP contribution in [0.15, 0.2) is 84.9 Å². The van der Waals surface area contributed by atoms with E-state index in [1.54, 1.807) is 0 Å². The van der Waals surface area contributed by atoms with Gasteiger partial charge in [-0.25, -0.2) is 0 Å². The highest BCUT2D eigenvalue weighted by atomic mass is 16.5. The number of nitrogen functional groups attached to an aromatic ring is 1. The summed E-state index contributed by atoms with van der Waals surface area (Å²) in [7, 11) is 0. The van der Waals surface area contributed by atoms with Crippen molar-refractivity contribution in [3.63, 3.8) is 0 Å². The SMILES string of the molecule is Nc1ccc(CC(=O)N2CCC(Oc3ccccc3)C(c3ccccc3)C2)cc1. The van der Waals surface area contributed by atoms with Gasteiger partial charge in [0, 0.05) is 31.1 Å². The van der Waals surface area contributed by atoms with Crippen LogP contribution in [0.1, 0.15) is 23.5 Å². The van der Waals surface area contributed by atoms with Crippen LogP contribution < -0.4 is 10.5 Å². The normalized spacial score (nSPS) is 19.0. The highest BCUT2D eigenvalue weighted by Gasteiger charge is 2.33. The number of hydrogen-bond donors (Lipinski definition) is 1. The molecule has 2 N–H and O–H groups in total. The molecule has 2 unspecified atom stereocenters. The maximum atomic E-state index is 12.9. The highest BCUT2D eigenvalue weighted by molar-refractivity contribution is 5.79. The van der Waals surface area contributed by atoms with Crippen molar-refractivity contribution < 1.29 is 9.53 Å². The maximum Gasteiger partial charge on any atom is 0.227 e. The van der Waals surface area contributed by atoms with Gasteiger partial charge in [-0.3, -0.25) is 4.79 Å². The first-order valence-electron chi connectivity index (χ1n) is 10.1. The van der Waals surface area contributed by atoms with Gasteiger partial charge in [0.25, 0.3) is 0 Å². The lowest BCUT2D eigenvalue weighted by atomic mass is 9.87. The Morgan fingerprint density at radius 1 is 0.931 bits per heavy atom. The van der Waals surface area contributed by atoms with Crippen LogP contribution in [-0.2, 0) is 11.2 Å². The highest BCUT2D eigenvalue weighted by Crippen LogP contribution is 2.31. The molecule has 0 aromatic heterocycles. The van der Waals surface area contributed by atoms with Gasteiger partial charge < -0.3 is 15.4 Å². The standard InChI is InChI=1S/C25H26N2O2/c26-21-13-11-19(12-14-21)17-25(28)27-16-15-24(29-22-9-5-2-6-10-22)23(18-27)20-7-3-1-4-8-20/h1-14,23-24H,15-18,26H2. The van der Waals surface area contributed by atoms with Gasteiger partial charge in [0.15, 0.2) is 0 Å². The molecule has 2 atom stereocenters. The number of carbonyl (C=O) groups excluding carboxylic acids is 1. The van der Waals surface area contributed by atoms with Crippen LogP contribution in [0.3, 0.4) is 0 Å². The first-order chi connectivity index (χ1) is 14.2. The minimum atomic E-state index is 0.0420. The van der Waals surface area contributed by atoms with Crippen molar-refractivity contribution in [1.29, 1.82) is 0 Å². The number of nitrogens with two attached hydrogens (primary N) is 1. The Morgan fingerprint density at radius 3 is 2.28 bits per heavy atom. The fourth-order valence-corrected chi connectivity index (χ4v) is 3.91. The molecule has 0 spiro atoms. The zero-order valence-electron chi connectivity index (χ0n) is 16.4. The van der Waals surface area contributed by atoms with Crippen LogP contribution >= 0.6 is 0 Å². The topological polar surface area (TPSA) is 55.6 Å². The molecule has 1 amide bonds. The van der Waals surface area contributed by atoms with Gasteiger partial charge in [-0.2, -0.15) is 0 Å². The van der Waals surface area contributed by atoms with E-state index in [1.807, 2.05) is 77.7 Å². The molecule has 1 saturated heterocycles. The van der Waals surface area contributed by atoms with Gasteiger partial charge >= 0.3 is 0 Å². The molecule has 1 aliphatic rings. The second-order valence-electron chi connectivity index (χ2n) is 7.53. The summed E-state index contributed by atoms with van der Waals surface area (Å²) >= 11 is 0. The number of benzene rings is 3. The number of amides is 1. The number of carbonyl (C=O) groups is 1. The molecule has 0 saturated carbocycles. The van der Waals surface area contributed by atoms with Crippen molar-refractivity contribution >= 4 is 11.6 Å². The first kappa shape index (κ1) is 19.1. The fourth-order valence-electron chi connectivity index (χ4n) is 3.91. The monoisotopic (exact) mass is 386 g/mol. The number of nitrogens with zero attached hydrogens (tertiary/aromatic N) is 1. The Hall–Kier alpha value is -3.27. The predicted octanol–water partition coefficient (Wildman–Crippen LogP) is 4.28. The van der Waals surface area contributed by atoms with Crippen molar-refractivity contribution in [2.24, 2.45) is 0 Å². The van der Waals surface area contributed by atoms with Gasteiger partial charge in [0.2, 0.25) is 5.91 Å². The third-order valence-corrected chi connectivity index (χ3v) is 5.50. The molecule has 29 heavy (non-hydrogen) atoms. The number of likely N-dealkylation sites (tertiary alicyclic amines) is 1. The average Bonchev–Trinajstić information content (AvgIpc) is 2.77. The van der Waals surface area contributed by atoms with Crippen molar-refractivity contribution in [3.05, 3.63) is 96.1 Å². The quantitative estimate of drug-likeness (QED) is 0.666. The van der Waals surface area contributed by atoms with Crippen molar-refractivity contribution in [1.82, 2.24) is 4.90 Å². The fraction of sp³-hybridized carbons (Fsp3) is 0.240. The number of ether oxygens (including phenoxy) is 1. The summed E-state index contributed by atoms with van der Waals surface area (Å²) in [6, 6.07) is 27.8. The Kier molecular flexibility index (Phi) is 5.80. The molecule has 4 heteroatoms. The summed E-state index contributed by atoms with van der Waals surface area (Å²) in [6.07, 6.45) is 1.24. The lowest BCUT2D eigenvalue weighted by Crippen LogP contribution is -2.47. The Balaban J connectivity index is 1.49. The van der Waals surface area contributed by atoms with Gasteiger partial charge in [-0.1, -0.05) is 60.7 Å². The van der Waals surface area contributed by atoms with Crippen LogP contribution in [0.25, 0.3) is 0 Å². The molecule has 3 aromatic carbocycles. The van der Waals surface area contributed by atoms with Gasteiger partial charge in [0.05, 0.1) is 6.42 Å². The number of hydrogen-bond acceptors (Lipinski definition) is 3. The average molecular weight is 386 g/mol. The third-order valence-electron chi connectivity index (χ3n) is 5.50. The number of piperidine rings is 1. The Bertz CT molecular complexity index is 926. The first-order valence-corrected chi connectivity index (χ1v) is 10.1. The van der Waals surface area contributed by atoms with E-state index >= 15 is 0 Å². The van der Waals surface area contributed by atoms with Crippen LogP contribution in [-0.4, -0.2) is 30.0 Å². The minimum Gasteiger partial charge on any atom is -0.490 e. The Labute approximate surface area is 171 Å². The molecule has 4 nitrogen and oxygen atoms in total. The van der Waals surface area contributed by atoms with E-state index < -0.39 is 0 Å². The molecule has 1 aliphatic heterocycles. The van der Waals surface area contributed by atoms with Crippen molar-refractivity contribution in [2.75, 3.05) is 18.8 Å². The molecule has 1 heterocycles. The van der Waals surface area contributed by atoms with Gasteiger partial charge in [-0.15, -0.1) is 0 Å². The predicted molar refractivity (Wildman–Crippen MR) is 116 cm³/mol. The smallest absolute Gasteiger partial charge is 0.227 e. The van der Waals surface area contributed by atoms with Crippen LogP contribution in [0.4, 0.5) is 5.69 Å².